The van der Waals surface area contributed by atoms with Crippen molar-refractivity contribution in [1.82, 2.24) is 20.0 Å². The average molecular weight is 276 g/mol. The number of aryl methyl sites for hydroxylation is 1. The van der Waals surface area contributed by atoms with Gasteiger partial charge in [0.05, 0.1) is 6.20 Å². The summed E-state index contributed by atoms with van der Waals surface area (Å²) in [5.74, 6) is 0. The van der Waals surface area contributed by atoms with Gasteiger partial charge in [0.25, 0.3) is 0 Å². The molecule has 0 saturated carbocycles. The van der Waals surface area contributed by atoms with Crippen molar-refractivity contribution in [3.8, 4) is 0 Å². The van der Waals surface area contributed by atoms with Crippen molar-refractivity contribution in [3.05, 3.63) is 17.5 Å². The monoisotopic (exact) mass is 276 g/mol. The number of rotatable bonds is 3. The minimum Gasteiger partial charge on any atom is -0.307 e. The summed E-state index contributed by atoms with van der Waals surface area (Å²) in [6.07, 6.45) is 8.39. The van der Waals surface area contributed by atoms with Crippen LogP contribution in [-0.4, -0.2) is 39.9 Å². The van der Waals surface area contributed by atoms with Gasteiger partial charge in [-0.3, -0.25) is 4.68 Å². The minimum absolute atomic E-state index is 0.531. The van der Waals surface area contributed by atoms with Crippen molar-refractivity contribution >= 4 is 0 Å². The molecule has 1 saturated heterocycles. The van der Waals surface area contributed by atoms with E-state index in [0.717, 1.165) is 0 Å². The van der Waals surface area contributed by atoms with E-state index >= 15 is 0 Å². The van der Waals surface area contributed by atoms with Crippen LogP contribution < -0.4 is 5.32 Å². The summed E-state index contributed by atoms with van der Waals surface area (Å²) in [7, 11) is 2.07. The Morgan fingerprint density at radius 1 is 1.25 bits per heavy atom. The van der Waals surface area contributed by atoms with E-state index in [1.165, 1.54) is 56.5 Å². The molecule has 1 aliphatic heterocycles. The summed E-state index contributed by atoms with van der Waals surface area (Å²) in [5.41, 5.74) is 2.89. The van der Waals surface area contributed by atoms with E-state index in [4.69, 9.17) is 0 Å². The molecule has 2 heterocycles. The lowest BCUT2D eigenvalue weighted by atomic mass is 9.91. The summed E-state index contributed by atoms with van der Waals surface area (Å²) < 4.78 is 2.06. The van der Waals surface area contributed by atoms with Gasteiger partial charge in [-0.05, 0) is 59.0 Å². The molecule has 1 atom stereocenters. The van der Waals surface area contributed by atoms with Gasteiger partial charge in [-0.2, -0.15) is 5.10 Å². The Bertz CT molecular complexity index is 443. The first kappa shape index (κ1) is 14.1. The number of nitrogens with zero attached hydrogens (tertiary/aromatic N) is 3. The number of fused-ring (bicyclic) bond motifs is 1. The predicted octanol–water partition coefficient (Wildman–Crippen LogP) is 2.26. The maximum absolute atomic E-state index is 4.45. The highest BCUT2D eigenvalue weighted by Crippen LogP contribution is 2.30. The van der Waals surface area contributed by atoms with E-state index in [9.17, 15) is 0 Å². The van der Waals surface area contributed by atoms with E-state index < -0.39 is 0 Å². The first-order valence-electron chi connectivity index (χ1n) is 8.16. The van der Waals surface area contributed by atoms with E-state index in [2.05, 4.69) is 47.1 Å². The molecule has 4 nitrogen and oxygen atoms in total. The van der Waals surface area contributed by atoms with Crippen LogP contribution in [0.15, 0.2) is 6.20 Å². The Balaban J connectivity index is 1.60. The number of hydrogen-bond acceptors (Lipinski definition) is 3. The quantitative estimate of drug-likeness (QED) is 0.919. The van der Waals surface area contributed by atoms with Crippen LogP contribution in [-0.2, 0) is 13.5 Å². The van der Waals surface area contributed by atoms with E-state index in [1.54, 1.807) is 0 Å². The van der Waals surface area contributed by atoms with Gasteiger partial charge < -0.3 is 10.2 Å². The van der Waals surface area contributed by atoms with Gasteiger partial charge in [-0.15, -0.1) is 0 Å². The SMILES string of the molecule is CC(C)N1CCC(NC2CCCc3c2cnn3C)CC1. The predicted molar refractivity (Wildman–Crippen MR) is 81.8 cm³/mol. The van der Waals surface area contributed by atoms with Crippen molar-refractivity contribution in [3.63, 3.8) is 0 Å². The van der Waals surface area contributed by atoms with Crippen LogP contribution in [0.3, 0.4) is 0 Å². The van der Waals surface area contributed by atoms with E-state index in [-0.39, 0.29) is 0 Å². The molecule has 1 N–H and O–H groups in total. The Hall–Kier alpha value is -0.870. The van der Waals surface area contributed by atoms with Gasteiger partial charge in [-0.1, -0.05) is 0 Å². The first-order chi connectivity index (χ1) is 9.65. The van der Waals surface area contributed by atoms with Gasteiger partial charge in [0.15, 0.2) is 0 Å². The fraction of sp³-hybridized carbons (Fsp3) is 0.812. The second-order valence-corrected chi connectivity index (χ2v) is 6.69. The maximum atomic E-state index is 4.45. The Labute approximate surface area is 122 Å². The smallest absolute Gasteiger partial charge is 0.0540 e. The molecule has 0 spiro atoms. The second kappa shape index (κ2) is 5.86. The largest absolute Gasteiger partial charge is 0.307 e. The normalized spacial score (nSPS) is 25.1. The summed E-state index contributed by atoms with van der Waals surface area (Å²) in [6, 6.07) is 1.90. The number of piperidine rings is 1. The number of nitrogens with one attached hydrogen (secondary N) is 1. The molecule has 0 bridgehead atoms. The minimum atomic E-state index is 0.531. The fourth-order valence-electron chi connectivity index (χ4n) is 3.75. The van der Waals surface area contributed by atoms with Crippen molar-refractivity contribution in [2.75, 3.05) is 13.1 Å². The van der Waals surface area contributed by atoms with Crippen molar-refractivity contribution in [2.45, 2.75) is 64.1 Å². The van der Waals surface area contributed by atoms with Crippen LogP contribution >= 0.6 is 0 Å². The van der Waals surface area contributed by atoms with Crippen LogP contribution in [0, 0.1) is 0 Å². The van der Waals surface area contributed by atoms with E-state index in [0.29, 0.717) is 18.1 Å². The van der Waals surface area contributed by atoms with Crippen LogP contribution in [0.5, 0.6) is 0 Å². The van der Waals surface area contributed by atoms with Gasteiger partial charge in [0.1, 0.15) is 0 Å². The zero-order valence-corrected chi connectivity index (χ0v) is 13.1. The molecule has 1 unspecified atom stereocenters. The van der Waals surface area contributed by atoms with Crippen LogP contribution in [0.1, 0.15) is 56.8 Å². The Morgan fingerprint density at radius 3 is 2.70 bits per heavy atom. The molecule has 0 aromatic carbocycles. The molecule has 1 fully saturated rings. The zero-order chi connectivity index (χ0) is 14.1. The lowest BCUT2D eigenvalue weighted by Gasteiger charge is -2.37. The molecule has 0 amide bonds. The Kier molecular flexibility index (Phi) is 4.13. The third-order valence-electron chi connectivity index (χ3n) is 5.07. The highest BCUT2D eigenvalue weighted by Gasteiger charge is 2.27. The van der Waals surface area contributed by atoms with Crippen LogP contribution in [0.4, 0.5) is 0 Å². The Morgan fingerprint density at radius 2 is 2.00 bits per heavy atom. The summed E-state index contributed by atoms with van der Waals surface area (Å²) >= 11 is 0. The molecule has 3 rings (SSSR count). The molecule has 112 valence electrons. The second-order valence-electron chi connectivity index (χ2n) is 6.69. The molecule has 1 aromatic rings. The highest BCUT2D eigenvalue weighted by atomic mass is 15.3. The molecule has 4 heteroatoms. The molecule has 1 aromatic heterocycles. The third-order valence-corrected chi connectivity index (χ3v) is 5.07. The van der Waals surface area contributed by atoms with Gasteiger partial charge in [0.2, 0.25) is 0 Å². The molecule has 1 aliphatic carbocycles. The maximum Gasteiger partial charge on any atom is 0.0540 e. The molecular weight excluding hydrogens is 248 g/mol. The lowest BCUT2D eigenvalue weighted by molar-refractivity contribution is 0.154. The van der Waals surface area contributed by atoms with Crippen molar-refractivity contribution < 1.29 is 0 Å². The average Bonchev–Trinajstić information content (AvgIpc) is 2.82. The van der Waals surface area contributed by atoms with Gasteiger partial charge >= 0.3 is 0 Å². The van der Waals surface area contributed by atoms with Crippen molar-refractivity contribution in [2.24, 2.45) is 7.05 Å². The molecule has 2 aliphatic rings. The molecule has 0 radical (unpaired) electrons. The summed E-state index contributed by atoms with van der Waals surface area (Å²) in [6.45, 7) is 7.08. The third kappa shape index (κ3) is 2.77. The molecule has 20 heavy (non-hydrogen) atoms. The standard InChI is InChI=1S/C16H28N4/c1-12(2)20-9-7-13(8-10-20)18-15-5-4-6-16-14(15)11-17-19(16)3/h11-13,15,18H,4-10H2,1-3H3. The summed E-state index contributed by atoms with van der Waals surface area (Å²) in [5, 5.41) is 8.35. The van der Waals surface area contributed by atoms with Gasteiger partial charge in [-0.25, -0.2) is 0 Å². The van der Waals surface area contributed by atoms with Crippen molar-refractivity contribution in [1.29, 1.82) is 0 Å². The van der Waals surface area contributed by atoms with Crippen LogP contribution in [0.2, 0.25) is 0 Å². The van der Waals surface area contributed by atoms with Crippen LogP contribution in [0.25, 0.3) is 0 Å². The first-order valence-corrected chi connectivity index (χ1v) is 8.16. The zero-order valence-electron chi connectivity index (χ0n) is 13.1. The number of aromatic nitrogens is 2. The lowest BCUT2D eigenvalue weighted by Crippen LogP contribution is -2.46. The number of hydrogen-bond donors (Lipinski definition) is 1. The van der Waals surface area contributed by atoms with E-state index in [1.807, 2.05) is 0 Å². The highest BCUT2D eigenvalue weighted by molar-refractivity contribution is 5.24. The fourth-order valence-corrected chi connectivity index (χ4v) is 3.75. The summed E-state index contributed by atoms with van der Waals surface area (Å²) in [4.78, 5) is 2.59. The van der Waals surface area contributed by atoms with Gasteiger partial charge in [0, 0.05) is 36.4 Å². The molecular formula is C16H28N4. The topological polar surface area (TPSA) is 33.1 Å². The number of likely N-dealkylation sites (tertiary alicyclic amines) is 1.